The Kier molecular flexibility index (Phi) is 4.57. The highest BCUT2D eigenvalue weighted by atomic mass is 35.5. The molecule has 27 heavy (non-hydrogen) atoms. The normalized spacial score (nSPS) is 17.7. The highest BCUT2D eigenvalue weighted by molar-refractivity contribution is 7.90. The lowest BCUT2D eigenvalue weighted by Gasteiger charge is -2.25. The zero-order chi connectivity index (χ0) is 19.2. The third-order valence-electron chi connectivity index (χ3n) is 4.89. The lowest BCUT2D eigenvalue weighted by atomic mass is 10.2. The lowest BCUT2D eigenvalue weighted by molar-refractivity contribution is 0.266. The first-order valence-corrected chi connectivity index (χ1v) is 10.5. The monoisotopic (exact) mass is 406 g/mol. The summed E-state index contributed by atoms with van der Waals surface area (Å²) in [6.45, 7) is 2.54. The van der Waals surface area contributed by atoms with Crippen LogP contribution in [-0.2, 0) is 10.0 Å². The molecule has 9 heteroatoms. The summed E-state index contributed by atoms with van der Waals surface area (Å²) in [7, 11) is -3.82. The number of halogens is 1. The summed E-state index contributed by atoms with van der Waals surface area (Å²) in [5.41, 5.74) is 1.80. The Hall–Kier alpha value is -2.16. The van der Waals surface area contributed by atoms with E-state index in [-0.39, 0.29) is 22.8 Å². The standard InChI is InChI=1S/C18H19ClN4O3S/c1-12-4-6-14(7-5-12)27(25,26)23-10-8-15-16(23)17(21-18(19)20-15)22-9-2-3-13(22)11-24/h4-8,10,13,24H,2-3,9,11H2,1H3/t13-/m0/s1. The molecule has 2 aromatic heterocycles. The van der Waals surface area contributed by atoms with Crippen molar-refractivity contribution >= 4 is 38.5 Å². The van der Waals surface area contributed by atoms with Crippen molar-refractivity contribution in [3.63, 3.8) is 0 Å². The number of aryl methyl sites for hydroxylation is 1. The van der Waals surface area contributed by atoms with Gasteiger partial charge in [-0.1, -0.05) is 17.7 Å². The summed E-state index contributed by atoms with van der Waals surface area (Å²) in [4.78, 5) is 10.6. The first kappa shape index (κ1) is 18.2. The van der Waals surface area contributed by atoms with Gasteiger partial charge in [0.05, 0.1) is 23.1 Å². The predicted molar refractivity (Wildman–Crippen MR) is 104 cm³/mol. The molecule has 1 fully saturated rings. The van der Waals surface area contributed by atoms with E-state index in [1.807, 2.05) is 11.8 Å². The van der Waals surface area contributed by atoms with Crippen molar-refractivity contribution in [3.8, 4) is 0 Å². The molecule has 0 spiro atoms. The fourth-order valence-electron chi connectivity index (χ4n) is 3.50. The number of fused-ring (bicyclic) bond motifs is 1. The zero-order valence-electron chi connectivity index (χ0n) is 14.7. The van der Waals surface area contributed by atoms with Crippen LogP contribution in [0.15, 0.2) is 41.4 Å². The maximum atomic E-state index is 13.2. The number of aliphatic hydroxyl groups is 1. The molecule has 1 atom stereocenters. The minimum atomic E-state index is -3.82. The average Bonchev–Trinajstić information content (AvgIpc) is 3.28. The van der Waals surface area contributed by atoms with E-state index < -0.39 is 10.0 Å². The van der Waals surface area contributed by atoms with E-state index in [1.165, 1.54) is 10.2 Å². The van der Waals surface area contributed by atoms with Gasteiger partial charge >= 0.3 is 0 Å². The van der Waals surface area contributed by atoms with Crippen molar-refractivity contribution in [3.05, 3.63) is 47.4 Å². The van der Waals surface area contributed by atoms with Gasteiger partial charge in [-0.25, -0.2) is 17.4 Å². The lowest BCUT2D eigenvalue weighted by Crippen LogP contribution is -2.33. The number of anilines is 1. The van der Waals surface area contributed by atoms with Crippen LogP contribution in [0, 0.1) is 6.92 Å². The van der Waals surface area contributed by atoms with Crippen LogP contribution >= 0.6 is 11.6 Å². The van der Waals surface area contributed by atoms with Gasteiger partial charge < -0.3 is 10.0 Å². The molecule has 0 saturated carbocycles. The number of aliphatic hydroxyl groups excluding tert-OH is 1. The maximum absolute atomic E-state index is 13.2. The molecule has 0 bridgehead atoms. The van der Waals surface area contributed by atoms with E-state index in [0.29, 0.717) is 23.4 Å². The van der Waals surface area contributed by atoms with Crippen LogP contribution in [0.2, 0.25) is 5.28 Å². The summed E-state index contributed by atoms with van der Waals surface area (Å²) in [5, 5.41) is 9.73. The minimum Gasteiger partial charge on any atom is -0.394 e. The Morgan fingerprint density at radius 1 is 1.22 bits per heavy atom. The molecule has 142 valence electrons. The predicted octanol–water partition coefficient (Wildman–Crippen LogP) is 2.59. The molecule has 1 aliphatic heterocycles. The van der Waals surface area contributed by atoms with Crippen molar-refractivity contribution < 1.29 is 13.5 Å². The third kappa shape index (κ3) is 3.07. The van der Waals surface area contributed by atoms with Crippen LogP contribution in [-0.4, -0.2) is 46.7 Å². The zero-order valence-corrected chi connectivity index (χ0v) is 16.3. The number of rotatable bonds is 4. The van der Waals surface area contributed by atoms with Crippen LogP contribution in [0.5, 0.6) is 0 Å². The summed E-state index contributed by atoms with van der Waals surface area (Å²) < 4.78 is 27.7. The highest BCUT2D eigenvalue weighted by Gasteiger charge is 2.30. The second-order valence-electron chi connectivity index (χ2n) is 6.65. The molecule has 1 aromatic carbocycles. The smallest absolute Gasteiger partial charge is 0.268 e. The Balaban J connectivity index is 1.94. The summed E-state index contributed by atoms with van der Waals surface area (Å²) >= 11 is 6.08. The second kappa shape index (κ2) is 6.78. The molecule has 0 amide bonds. The van der Waals surface area contributed by atoms with Gasteiger partial charge in [0, 0.05) is 12.7 Å². The van der Waals surface area contributed by atoms with Crippen LogP contribution in [0.1, 0.15) is 18.4 Å². The van der Waals surface area contributed by atoms with Crippen LogP contribution < -0.4 is 4.90 Å². The number of hydrogen-bond acceptors (Lipinski definition) is 6. The molecule has 1 aliphatic rings. The van der Waals surface area contributed by atoms with Crippen molar-refractivity contribution in [1.82, 2.24) is 13.9 Å². The van der Waals surface area contributed by atoms with Gasteiger partial charge in [0.15, 0.2) is 5.82 Å². The first-order valence-electron chi connectivity index (χ1n) is 8.66. The van der Waals surface area contributed by atoms with Gasteiger partial charge in [0.2, 0.25) is 5.28 Å². The number of nitrogens with zero attached hydrogens (tertiary/aromatic N) is 4. The summed E-state index contributed by atoms with van der Waals surface area (Å²) in [5.74, 6) is 0.433. The van der Waals surface area contributed by atoms with Crippen molar-refractivity contribution in [2.45, 2.75) is 30.7 Å². The molecule has 1 N–H and O–H groups in total. The van der Waals surface area contributed by atoms with E-state index in [4.69, 9.17) is 11.6 Å². The molecule has 0 unspecified atom stereocenters. The fourth-order valence-corrected chi connectivity index (χ4v) is 5.02. The molecular formula is C18H19ClN4O3S. The number of benzene rings is 1. The van der Waals surface area contributed by atoms with Gasteiger partial charge in [-0.3, -0.25) is 0 Å². The van der Waals surface area contributed by atoms with E-state index in [9.17, 15) is 13.5 Å². The summed E-state index contributed by atoms with van der Waals surface area (Å²) in [6, 6.07) is 8.18. The van der Waals surface area contributed by atoms with Crippen LogP contribution in [0.3, 0.4) is 0 Å². The molecule has 7 nitrogen and oxygen atoms in total. The van der Waals surface area contributed by atoms with Gasteiger partial charge in [-0.2, -0.15) is 4.98 Å². The Morgan fingerprint density at radius 3 is 2.67 bits per heavy atom. The first-order chi connectivity index (χ1) is 12.9. The molecule has 0 aliphatic carbocycles. The van der Waals surface area contributed by atoms with Crippen molar-refractivity contribution in [1.29, 1.82) is 0 Å². The van der Waals surface area contributed by atoms with Crippen molar-refractivity contribution in [2.24, 2.45) is 0 Å². The Labute approximate surface area is 162 Å². The molecule has 3 aromatic rings. The maximum Gasteiger partial charge on any atom is 0.268 e. The topological polar surface area (TPSA) is 88.3 Å². The average molecular weight is 407 g/mol. The van der Waals surface area contributed by atoms with Gasteiger partial charge in [-0.05, 0) is 49.6 Å². The molecule has 4 rings (SSSR count). The van der Waals surface area contributed by atoms with Gasteiger partial charge in [0.25, 0.3) is 10.0 Å². The fraction of sp³-hybridized carbons (Fsp3) is 0.333. The van der Waals surface area contributed by atoms with E-state index in [2.05, 4.69) is 9.97 Å². The molecule has 1 saturated heterocycles. The van der Waals surface area contributed by atoms with E-state index in [0.717, 1.165) is 18.4 Å². The highest BCUT2D eigenvalue weighted by Crippen LogP contribution is 2.33. The van der Waals surface area contributed by atoms with Crippen molar-refractivity contribution in [2.75, 3.05) is 18.1 Å². The number of hydrogen-bond donors (Lipinski definition) is 1. The Morgan fingerprint density at radius 2 is 1.96 bits per heavy atom. The summed E-state index contributed by atoms with van der Waals surface area (Å²) in [6.07, 6.45) is 3.17. The SMILES string of the molecule is Cc1ccc(S(=O)(=O)n2ccc3nc(Cl)nc(N4CCC[C@H]4CO)c32)cc1. The van der Waals surface area contributed by atoms with Gasteiger partial charge in [-0.15, -0.1) is 0 Å². The number of aromatic nitrogens is 3. The molecule has 0 radical (unpaired) electrons. The molecular weight excluding hydrogens is 388 g/mol. The third-order valence-corrected chi connectivity index (χ3v) is 6.75. The quantitative estimate of drug-likeness (QED) is 0.670. The molecule has 3 heterocycles. The van der Waals surface area contributed by atoms with Crippen LogP contribution in [0.4, 0.5) is 5.82 Å². The Bertz CT molecular complexity index is 1100. The minimum absolute atomic E-state index is 0.0332. The van der Waals surface area contributed by atoms with E-state index in [1.54, 1.807) is 30.3 Å². The van der Waals surface area contributed by atoms with Gasteiger partial charge in [0.1, 0.15) is 5.52 Å². The van der Waals surface area contributed by atoms with Crippen LogP contribution in [0.25, 0.3) is 11.0 Å². The largest absolute Gasteiger partial charge is 0.394 e. The van der Waals surface area contributed by atoms with E-state index >= 15 is 0 Å². The second-order valence-corrected chi connectivity index (χ2v) is 8.80.